The van der Waals surface area contributed by atoms with Crippen molar-refractivity contribution in [3.63, 3.8) is 0 Å². The van der Waals surface area contributed by atoms with Crippen molar-refractivity contribution >= 4 is 5.69 Å². The van der Waals surface area contributed by atoms with E-state index < -0.39 is 0 Å². The molecule has 2 aromatic carbocycles. The molecule has 0 radical (unpaired) electrons. The molecule has 1 N–H and O–H groups in total. The van der Waals surface area contributed by atoms with Gasteiger partial charge in [-0.1, -0.05) is 18.2 Å². The first-order valence-electron chi connectivity index (χ1n) is 6.86. The predicted octanol–water partition coefficient (Wildman–Crippen LogP) is 4.27. The second-order valence-electron chi connectivity index (χ2n) is 4.60. The highest BCUT2D eigenvalue weighted by Crippen LogP contribution is 2.24. The summed E-state index contributed by atoms with van der Waals surface area (Å²) >= 11 is 0. The highest BCUT2D eigenvalue weighted by Gasteiger charge is 2.06. The highest BCUT2D eigenvalue weighted by atomic mass is 16.5. The van der Waals surface area contributed by atoms with Crippen LogP contribution < -0.4 is 14.8 Å². The molecule has 1 atom stereocenters. The van der Waals surface area contributed by atoms with E-state index in [1.165, 1.54) is 5.56 Å². The number of benzene rings is 2. The first-order valence-corrected chi connectivity index (χ1v) is 6.86. The van der Waals surface area contributed by atoms with Gasteiger partial charge in [-0.15, -0.1) is 0 Å². The number of ether oxygens (including phenoxy) is 2. The fourth-order valence-corrected chi connectivity index (χ4v) is 2.07. The molecule has 0 saturated carbocycles. The summed E-state index contributed by atoms with van der Waals surface area (Å²) in [6.45, 7) is 4.81. The van der Waals surface area contributed by atoms with Gasteiger partial charge in [-0.05, 0) is 43.7 Å². The fraction of sp³-hybridized carbons (Fsp3) is 0.294. The maximum Gasteiger partial charge on any atom is 0.120 e. The molecule has 106 valence electrons. The average molecular weight is 271 g/mol. The Hall–Kier alpha value is -2.16. The zero-order chi connectivity index (χ0) is 14.4. The van der Waals surface area contributed by atoms with E-state index in [2.05, 4.69) is 24.4 Å². The third-order valence-corrected chi connectivity index (χ3v) is 3.14. The molecule has 20 heavy (non-hydrogen) atoms. The van der Waals surface area contributed by atoms with E-state index in [4.69, 9.17) is 9.47 Å². The van der Waals surface area contributed by atoms with Crippen LogP contribution in [0.5, 0.6) is 11.5 Å². The van der Waals surface area contributed by atoms with Crippen LogP contribution in [0.3, 0.4) is 0 Å². The van der Waals surface area contributed by atoms with Gasteiger partial charge in [-0.2, -0.15) is 0 Å². The fourth-order valence-electron chi connectivity index (χ4n) is 2.07. The van der Waals surface area contributed by atoms with Crippen molar-refractivity contribution in [1.82, 2.24) is 0 Å². The van der Waals surface area contributed by atoms with Gasteiger partial charge in [0, 0.05) is 17.8 Å². The Morgan fingerprint density at radius 3 is 2.45 bits per heavy atom. The summed E-state index contributed by atoms with van der Waals surface area (Å²) in [6.07, 6.45) is 0. The van der Waals surface area contributed by atoms with E-state index in [0.29, 0.717) is 6.61 Å². The largest absolute Gasteiger partial charge is 0.497 e. The Morgan fingerprint density at radius 1 is 1.05 bits per heavy atom. The van der Waals surface area contributed by atoms with Crippen LogP contribution in [0.15, 0.2) is 48.5 Å². The normalized spacial score (nSPS) is 11.8. The molecule has 3 nitrogen and oxygen atoms in total. The minimum Gasteiger partial charge on any atom is -0.497 e. The molecule has 0 amide bonds. The van der Waals surface area contributed by atoms with Gasteiger partial charge in [-0.25, -0.2) is 0 Å². The van der Waals surface area contributed by atoms with E-state index >= 15 is 0 Å². The lowest BCUT2D eigenvalue weighted by Gasteiger charge is -2.16. The molecular formula is C17H21NO2. The zero-order valence-corrected chi connectivity index (χ0v) is 12.2. The summed E-state index contributed by atoms with van der Waals surface area (Å²) in [5.74, 6) is 1.76. The van der Waals surface area contributed by atoms with Crippen LogP contribution in [-0.4, -0.2) is 13.7 Å². The van der Waals surface area contributed by atoms with E-state index in [9.17, 15) is 0 Å². The van der Waals surface area contributed by atoms with Crippen molar-refractivity contribution in [3.8, 4) is 11.5 Å². The smallest absolute Gasteiger partial charge is 0.120 e. The molecule has 0 fully saturated rings. The van der Waals surface area contributed by atoms with E-state index in [1.54, 1.807) is 7.11 Å². The van der Waals surface area contributed by atoms with Gasteiger partial charge in [0.1, 0.15) is 11.5 Å². The Morgan fingerprint density at radius 2 is 1.80 bits per heavy atom. The van der Waals surface area contributed by atoms with Crippen LogP contribution in [0.2, 0.25) is 0 Å². The standard InChI is InChI=1S/C17H21NO2/c1-4-20-16-10-8-14(9-11-16)13(2)18-15-6-5-7-17(12-15)19-3/h5-13,18H,4H2,1-3H3. The topological polar surface area (TPSA) is 30.5 Å². The van der Waals surface area contributed by atoms with Crippen molar-refractivity contribution in [1.29, 1.82) is 0 Å². The van der Waals surface area contributed by atoms with Crippen LogP contribution in [-0.2, 0) is 0 Å². The van der Waals surface area contributed by atoms with Gasteiger partial charge >= 0.3 is 0 Å². The number of anilines is 1. The Bertz CT molecular complexity index is 537. The summed E-state index contributed by atoms with van der Waals surface area (Å²) in [7, 11) is 1.68. The van der Waals surface area contributed by atoms with Gasteiger partial charge in [0.15, 0.2) is 0 Å². The SMILES string of the molecule is CCOc1ccc(C(C)Nc2cccc(OC)c2)cc1. The maximum atomic E-state index is 5.45. The number of methoxy groups -OCH3 is 1. The van der Waals surface area contributed by atoms with Crippen molar-refractivity contribution in [3.05, 3.63) is 54.1 Å². The van der Waals surface area contributed by atoms with Gasteiger partial charge in [0.25, 0.3) is 0 Å². The van der Waals surface area contributed by atoms with Crippen molar-refractivity contribution < 1.29 is 9.47 Å². The monoisotopic (exact) mass is 271 g/mol. The van der Waals surface area contributed by atoms with Crippen molar-refractivity contribution in [2.24, 2.45) is 0 Å². The van der Waals surface area contributed by atoms with Gasteiger partial charge in [0.2, 0.25) is 0 Å². The lowest BCUT2D eigenvalue weighted by molar-refractivity contribution is 0.340. The number of nitrogens with one attached hydrogen (secondary N) is 1. The summed E-state index contributed by atoms with van der Waals surface area (Å²) in [5.41, 5.74) is 2.27. The molecule has 0 aliphatic rings. The Kier molecular flexibility index (Phi) is 4.88. The molecule has 0 saturated heterocycles. The lowest BCUT2D eigenvalue weighted by atomic mass is 10.1. The number of rotatable bonds is 6. The molecule has 1 unspecified atom stereocenters. The number of hydrogen-bond acceptors (Lipinski definition) is 3. The van der Waals surface area contributed by atoms with Gasteiger partial charge in [0.05, 0.1) is 13.7 Å². The summed E-state index contributed by atoms with van der Waals surface area (Å²) in [4.78, 5) is 0. The van der Waals surface area contributed by atoms with Gasteiger partial charge in [-0.3, -0.25) is 0 Å². The van der Waals surface area contributed by atoms with Crippen molar-refractivity contribution in [2.45, 2.75) is 19.9 Å². The van der Waals surface area contributed by atoms with E-state index in [1.807, 2.05) is 43.3 Å². The molecule has 0 bridgehead atoms. The second-order valence-corrected chi connectivity index (χ2v) is 4.60. The first kappa shape index (κ1) is 14.3. The Labute approximate surface area is 120 Å². The molecule has 2 rings (SSSR count). The molecular weight excluding hydrogens is 250 g/mol. The molecule has 0 aliphatic heterocycles. The summed E-state index contributed by atoms with van der Waals surface area (Å²) in [5, 5.41) is 3.46. The zero-order valence-electron chi connectivity index (χ0n) is 12.2. The van der Waals surface area contributed by atoms with Crippen molar-refractivity contribution in [2.75, 3.05) is 19.0 Å². The van der Waals surface area contributed by atoms with Gasteiger partial charge < -0.3 is 14.8 Å². The molecule has 0 heterocycles. The lowest BCUT2D eigenvalue weighted by Crippen LogP contribution is -2.06. The minimum absolute atomic E-state index is 0.220. The van der Waals surface area contributed by atoms with Crippen LogP contribution in [0.1, 0.15) is 25.5 Å². The third kappa shape index (κ3) is 3.67. The molecule has 0 aromatic heterocycles. The average Bonchev–Trinajstić information content (AvgIpc) is 2.48. The van der Waals surface area contributed by atoms with Crippen LogP contribution >= 0.6 is 0 Å². The first-order chi connectivity index (χ1) is 9.72. The molecule has 0 spiro atoms. The van der Waals surface area contributed by atoms with Crippen LogP contribution in [0.25, 0.3) is 0 Å². The maximum absolute atomic E-state index is 5.45. The summed E-state index contributed by atoms with van der Waals surface area (Å²) < 4.78 is 10.7. The van der Waals surface area contributed by atoms with Crippen LogP contribution in [0, 0.1) is 0 Å². The molecule has 0 aliphatic carbocycles. The molecule has 2 aromatic rings. The highest BCUT2D eigenvalue weighted by molar-refractivity contribution is 5.50. The third-order valence-electron chi connectivity index (χ3n) is 3.14. The predicted molar refractivity (Wildman–Crippen MR) is 82.6 cm³/mol. The second kappa shape index (κ2) is 6.85. The van der Waals surface area contributed by atoms with Crippen LogP contribution in [0.4, 0.5) is 5.69 Å². The van der Waals surface area contributed by atoms with E-state index in [0.717, 1.165) is 17.2 Å². The molecule has 3 heteroatoms. The Balaban J connectivity index is 2.05. The quantitative estimate of drug-likeness (QED) is 0.851. The number of hydrogen-bond donors (Lipinski definition) is 1. The minimum atomic E-state index is 0.220. The van der Waals surface area contributed by atoms with E-state index in [-0.39, 0.29) is 6.04 Å². The summed E-state index contributed by atoms with van der Waals surface area (Å²) in [6, 6.07) is 16.3.